The van der Waals surface area contributed by atoms with Crippen LogP contribution in [0.3, 0.4) is 0 Å². The Balaban J connectivity index is 1.77. The summed E-state index contributed by atoms with van der Waals surface area (Å²) in [6.45, 7) is 3.45. The van der Waals surface area contributed by atoms with Gasteiger partial charge in [0.15, 0.2) is 0 Å². The van der Waals surface area contributed by atoms with Crippen molar-refractivity contribution in [3.05, 3.63) is 47.2 Å². The van der Waals surface area contributed by atoms with Crippen molar-refractivity contribution in [2.24, 2.45) is 5.92 Å². The molecule has 1 amide bonds. The molecular weight excluding hydrogens is 354 g/mol. The number of ether oxygens (including phenoxy) is 1. The van der Waals surface area contributed by atoms with Gasteiger partial charge in [-0.05, 0) is 37.1 Å². The number of hydrogen-bond donors (Lipinski definition) is 1. The first-order valence-corrected chi connectivity index (χ1v) is 9.12. The van der Waals surface area contributed by atoms with Gasteiger partial charge in [-0.15, -0.1) is 0 Å². The van der Waals surface area contributed by atoms with Crippen LogP contribution < -0.4 is 0 Å². The average molecular weight is 378 g/mol. The van der Waals surface area contributed by atoms with Crippen molar-refractivity contribution in [3.63, 3.8) is 0 Å². The van der Waals surface area contributed by atoms with E-state index in [0.29, 0.717) is 43.1 Å². The molecule has 0 aliphatic carbocycles. The smallest absolute Gasteiger partial charge is 0.255 e. The zero-order valence-electron chi connectivity index (χ0n) is 15.1. The van der Waals surface area contributed by atoms with Crippen molar-refractivity contribution in [1.82, 2.24) is 14.7 Å². The number of halogens is 1. The van der Waals surface area contributed by atoms with Crippen LogP contribution in [-0.4, -0.2) is 58.1 Å². The summed E-state index contributed by atoms with van der Waals surface area (Å²) in [5.41, 5.74) is 0.437. The minimum Gasteiger partial charge on any atom is -0.389 e. The lowest BCUT2D eigenvalue weighted by Crippen LogP contribution is -2.52. The summed E-state index contributed by atoms with van der Waals surface area (Å²) in [4.78, 5) is 14.8. The lowest BCUT2D eigenvalue weighted by molar-refractivity contribution is -0.0750. The third-order valence-electron chi connectivity index (χ3n) is 5.20. The Bertz CT molecular complexity index is 765. The molecule has 1 aliphatic heterocycles. The van der Waals surface area contributed by atoms with Crippen molar-refractivity contribution in [2.75, 3.05) is 26.8 Å². The van der Waals surface area contributed by atoms with E-state index in [-0.39, 0.29) is 11.8 Å². The number of hydrogen-bond acceptors (Lipinski definition) is 4. The minimum absolute atomic E-state index is 0.0385. The van der Waals surface area contributed by atoms with Crippen molar-refractivity contribution >= 4 is 17.5 Å². The van der Waals surface area contributed by atoms with Crippen LogP contribution >= 0.6 is 11.6 Å². The molecular formula is C19H24ClN3O3. The summed E-state index contributed by atoms with van der Waals surface area (Å²) in [7, 11) is 1.63. The lowest BCUT2D eigenvalue weighted by atomic mass is 9.79. The summed E-state index contributed by atoms with van der Waals surface area (Å²) < 4.78 is 6.79. The zero-order valence-corrected chi connectivity index (χ0v) is 15.8. The molecule has 0 radical (unpaired) electrons. The van der Waals surface area contributed by atoms with Gasteiger partial charge in [0.1, 0.15) is 0 Å². The van der Waals surface area contributed by atoms with Crippen LogP contribution in [0.1, 0.15) is 30.1 Å². The van der Waals surface area contributed by atoms with E-state index in [9.17, 15) is 9.90 Å². The van der Waals surface area contributed by atoms with E-state index in [1.807, 2.05) is 25.3 Å². The molecule has 2 atom stereocenters. The van der Waals surface area contributed by atoms with Gasteiger partial charge in [-0.1, -0.05) is 18.5 Å². The Labute approximate surface area is 158 Å². The van der Waals surface area contributed by atoms with Crippen molar-refractivity contribution in [2.45, 2.75) is 25.4 Å². The molecule has 2 heterocycles. The molecule has 0 spiro atoms. The molecule has 0 unspecified atom stereocenters. The number of likely N-dealkylation sites (tertiary alicyclic amines) is 1. The van der Waals surface area contributed by atoms with E-state index in [2.05, 4.69) is 5.10 Å². The SMILES string of the molecule is COCC[C@@]1(O)CCN(C(=O)c2cc(-n3cccn3)ccc2Cl)C[C@@H]1C. The average Bonchev–Trinajstić information content (AvgIpc) is 3.17. The highest BCUT2D eigenvalue weighted by atomic mass is 35.5. The molecule has 0 bridgehead atoms. The van der Waals surface area contributed by atoms with Gasteiger partial charge in [0.2, 0.25) is 0 Å². The highest BCUT2D eigenvalue weighted by Crippen LogP contribution is 2.32. The summed E-state index contributed by atoms with van der Waals surface area (Å²) in [5, 5.41) is 15.4. The molecule has 1 fully saturated rings. The molecule has 0 saturated carbocycles. The van der Waals surface area contributed by atoms with E-state index in [0.717, 1.165) is 5.69 Å². The fourth-order valence-electron chi connectivity index (χ4n) is 3.41. The molecule has 1 aliphatic rings. The maximum Gasteiger partial charge on any atom is 0.255 e. The molecule has 7 heteroatoms. The number of amides is 1. The summed E-state index contributed by atoms with van der Waals surface area (Å²) in [6.07, 6.45) is 4.60. The monoisotopic (exact) mass is 377 g/mol. The van der Waals surface area contributed by atoms with Crippen LogP contribution in [0.5, 0.6) is 0 Å². The quantitative estimate of drug-likeness (QED) is 0.870. The maximum absolute atomic E-state index is 13.0. The highest BCUT2D eigenvalue weighted by molar-refractivity contribution is 6.33. The molecule has 140 valence electrons. The first kappa shape index (κ1) is 18.9. The number of nitrogens with zero attached hydrogens (tertiary/aromatic N) is 3. The number of carbonyl (C=O) groups is 1. The summed E-state index contributed by atoms with van der Waals surface area (Å²) in [6, 6.07) is 7.12. The number of piperidine rings is 1. The van der Waals surface area contributed by atoms with Gasteiger partial charge in [0.25, 0.3) is 5.91 Å². The molecule has 2 aromatic rings. The van der Waals surface area contributed by atoms with E-state index >= 15 is 0 Å². The number of rotatable bonds is 5. The second kappa shape index (κ2) is 7.78. The number of aromatic nitrogens is 2. The molecule has 1 saturated heterocycles. The minimum atomic E-state index is -0.798. The van der Waals surface area contributed by atoms with Gasteiger partial charge < -0.3 is 14.7 Å². The van der Waals surface area contributed by atoms with Crippen molar-refractivity contribution < 1.29 is 14.6 Å². The van der Waals surface area contributed by atoms with Crippen LogP contribution in [0.25, 0.3) is 5.69 Å². The van der Waals surface area contributed by atoms with Crippen LogP contribution in [0.4, 0.5) is 0 Å². The Morgan fingerprint density at radius 2 is 2.31 bits per heavy atom. The van der Waals surface area contributed by atoms with E-state index < -0.39 is 5.60 Å². The predicted molar refractivity (Wildman–Crippen MR) is 99.7 cm³/mol. The summed E-state index contributed by atoms with van der Waals surface area (Å²) in [5.74, 6) is -0.159. The van der Waals surface area contributed by atoms with Gasteiger partial charge >= 0.3 is 0 Å². The van der Waals surface area contributed by atoms with Crippen molar-refractivity contribution in [1.29, 1.82) is 0 Å². The van der Waals surface area contributed by atoms with E-state index in [1.54, 1.807) is 35.0 Å². The Morgan fingerprint density at radius 1 is 1.50 bits per heavy atom. The molecule has 1 aromatic carbocycles. The highest BCUT2D eigenvalue weighted by Gasteiger charge is 2.40. The fourth-order valence-corrected chi connectivity index (χ4v) is 3.61. The third-order valence-corrected chi connectivity index (χ3v) is 5.53. The topological polar surface area (TPSA) is 67.6 Å². The van der Waals surface area contributed by atoms with Gasteiger partial charge in [-0.3, -0.25) is 4.79 Å². The van der Waals surface area contributed by atoms with E-state index in [4.69, 9.17) is 16.3 Å². The maximum atomic E-state index is 13.0. The zero-order chi connectivity index (χ0) is 18.7. The normalized spacial score (nSPS) is 23.2. The second-order valence-corrected chi connectivity index (χ2v) is 7.27. The van der Waals surface area contributed by atoms with Crippen LogP contribution in [-0.2, 0) is 4.74 Å². The molecule has 1 N–H and O–H groups in total. The number of methoxy groups -OCH3 is 1. The first-order valence-electron chi connectivity index (χ1n) is 8.75. The molecule has 3 rings (SSSR count). The largest absolute Gasteiger partial charge is 0.389 e. The third kappa shape index (κ3) is 3.77. The molecule has 1 aromatic heterocycles. The standard InChI is InChI=1S/C19H24ClN3O3/c1-14-13-22(10-6-19(14,25)7-11-26-2)18(24)16-12-15(4-5-17(16)20)23-9-3-8-21-23/h3-5,8-9,12,14,25H,6-7,10-11,13H2,1-2H3/t14-,19-/m0/s1. The van der Waals surface area contributed by atoms with Crippen LogP contribution in [0.2, 0.25) is 5.02 Å². The van der Waals surface area contributed by atoms with Gasteiger partial charge in [-0.25, -0.2) is 4.68 Å². The Kier molecular flexibility index (Phi) is 5.65. The Hall–Kier alpha value is -1.89. The van der Waals surface area contributed by atoms with Gasteiger partial charge in [-0.2, -0.15) is 5.10 Å². The first-order chi connectivity index (χ1) is 12.4. The number of carbonyl (C=O) groups excluding carboxylic acids is 1. The number of aliphatic hydroxyl groups is 1. The lowest BCUT2D eigenvalue weighted by Gasteiger charge is -2.43. The fraction of sp³-hybridized carbons (Fsp3) is 0.474. The van der Waals surface area contributed by atoms with Gasteiger partial charge in [0, 0.05) is 45.1 Å². The van der Waals surface area contributed by atoms with E-state index in [1.165, 1.54) is 0 Å². The second-order valence-electron chi connectivity index (χ2n) is 6.86. The van der Waals surface area contributed by atoms with Crippen LogP contribution in [0, 0.1) is 5.92 Å². The number of benzene rings is 1. The molecule has 26 heavy (non-hydrogen) atoms. The van der Waals surface area contributed by atoms with Crippen LogP contribution in [0.15, 0.2) is 36.7 Å². The predicted octanol–water partition coefficient (Wildman–Crippen LogP) is 2.78. The summed E-state index contributed by atoms with van der Waals surface area (Å²) >= 11 is 6.29. The molecule has 6 nitrogen and oxygen atoms in total. The van der Waals surface area contributed by atoms with Gasteiger partial charge in [0.05, 0.1) is 21.9 Å². The Morgan fingerprint density at radius 3 is 2.96 bits per heavy atom. The van der Waals surface area contributed by atoms with Crippen molar-refractivity contribution in [3.8, 4) is 5.69 Å².